The van der Waals surface area contributed by atoms with E-state index < -0.39 is 0 Å². The Hall–Kier alpha value is -2.70. The number of benzene rings is 2. The van der Waals surface area contributed by atoms with Gasteiger partial charge < -0.3 is 18.9 Å². The van der Waals surface area contributed by atoms with Gasteiger partial charge in [-0.3, -0.25) is 9.59 Å². The molecule has 2 aromatic rings. The minimum absolute atomic E-state index is 0.0968. The maximum Gasteiger partial charge on any atom is 0.311 e. The molecule has 0 aliphatic heterocycles. The summed E-state index contributed by atoms with van der Waals surface area (Å²) >= 11 is 0. The zero-order valence-electron chi connectivity index (χ0n) is 24.4. The molecular formula is C33H48O6. The van der Waals surface area contributed by atoms with Crippen molar-refractivity contribution in [2.75, 3.05) is 26.4 Å². The van der Waals surface area contributed by atoms with Gasteiger partial charge in [0, 0.05) is 26.4 Å². The zero-order chi connectivity index (χ0) is 28.4. The Bertz CT molecular complexity index is 862. The van der Waals surface area contributed by atoms with Crippen molar-refractivity contribution in [1.29, 1.82) is 0 Å². The van der Waals surface area contributed by atoms with Crippen LogP contribution in [-0.2, 0) is 19.1 Å². The first-order valence-electron chi connectivity index (χ1n) is 14.3. The fraction of sp³-hybridized carbons (Fsp3) is 0.576. The van der Waals surface area contributed by atoms with E-state index in [9.17, 15) is 9.59 Å². The zero-order valence-corrected chi connectivity index (χ0v) is 24.4. The smallest absolute Gasteiger partial charge is 0.311 e. The number of esters is 2. The van der Waals surface area contributed by atoms with E-state index >= 15 is 0 Å². The van der Waals surface area contributed by atoms with Crippen molar-refractivity contribution in [3.8, 4) is 11.5 Å². The molecule has 0 radical (unpaired) electrons. The van der Waals surface area contributed by atoms with Gasteiger partial charge in [-0.25, -0.2) is 0 Å². The molecule has 2 rings (SSSR count). The highest BCUT2D eigenvalue weighted by atomic mass is 16.5. The van der Waals surface area contributed by atoms with E-state index in [-0.39, 0.29) is 22.8 Å². The molecule has 216 valence electrons. The lowest BCUT2D eigenvalue weighted by Gasteiger charge is -2.23. The van der Waals surface area contributed by atoms with E-state index in [1.165, 1.54) is 0 Å². The van der Waals surface area contributed by atoms with Crippen LogP contribution >= 0.6 is 0 Å². The molecule has 6 nitrogen and oxygen atoms in total. The summed E-state index contributed by atoms with van der Waals surface area (Å²) in [5.74, 6) is 0.820. The molecule has 0 atom stereocenters. The molecule has 0 saturated heterocycles. The first kappa shape index (κ1) is 32.5. The molecular weight excluding hydrogens is 492 g/mol. The minimum atomic E-state index is -0.185. The maximum atomic E-state index is 12.2. The molecule has 0 amide bonds. The normalized spacial score (nSPS) is 11.8. The molecule has 6 heteroatoms. The molecule has 0 unspecified atom stereocenters. The van der Waals surface area contributed by atoms with Gasteiger partial charge in [0.2, 0.25) is 0 Å². The predicted octanol–water partition coefficient (Wildman–Crippen LogP) is 7.79. The molecule has 0 bridgehead atoms. The average molecular weight is 541 g/mol. The lowest BCUT2D eigenvalue weighted by atomic mass is 9.84. The van der Waals surface area contributed by atoms with Crippen molar-refractivity contribution < 1.29 is 28.5 Å². The van der Waals surface area contributed by atoms with Crippen molar-refractivity contribution in [3.63, 3.8) is 0 Å². The number of hydrogen-bond acceptors (Lipinski definition) is 6. The van der Waals surface area contributed by atoms with Crippen molar-refractivity contribution in [3.05, 3.63) is 60.7 Å². The molecule has 0 spiro atoms. The lowest BCUT2D eigenvalue weighted by molar-refractivity contribution is -0.137. The maximum absolute atomic E-state index is 12.2. The van der Waals surface area contributed by atoms with Gasteiger partial charge in [-0.2, -0.15) is 0 Å². The Morgan fingerprint density at radius 1 is 0.538 bits per heavy atom. The van der Waals surface area contributed by atoms with E-state index in [0.29, 0.717) is 37.6 Å². The third kappa shape index (κ3) is 16.1. The second kappa shape index (κ2) is 17.8. The molecule has 0 saturated carbocycles. The number of ether oxygens (including phenoxy) is 4. The number of unbranched alkanes of at least 4 members (excludes halogenated alkanes) is 2. The first-order chi connectivity index (χ1) is 18.7. The van der Waals surface area contributed by atoms with E-state index in [1.54, 1.807) is 24.3 Å². The lowest BCUT2D eigenvalue weighted by Crippen LogP contribution is -2.21. The predicted molar refractivity (Wildman–Crippen MR) is 155 cm³/mol. The second-order valence-electron chi connectivity index (χ2n) is 11.7. The Morgan fingerprint density at radius 2 is 0.897 bits per heavy atom. The van der Waals surface area contributed by atoms with Crippen LogP contribution in [-0.4, -0.2) is 38.4 Å². The summed E-state index contributed by atoms with van der Waals surface area (Å²) in [4.78, 5) is 24.4. The fourth-order valence-electron chi connectivity index (χ4n) is 4.35. The Morgan fingerprint density at radius 3 is 1.28 bits per heavy atom. The molecule has 2 aromatic carbocycles. The third-order valence-electron chi connectivity index (χ3n) is 6.56. The number of carbonyl (C=O) groups excluding carboxylic acids is 2. The van der Waals surface area contributed by atoms with Crippen LogP contribution in [0.4, 0.5) is 0 Å². The first-order valence-corrected chi connectivity index (χ1v) is 14.3. The fourth-order valence-corrected chi connectivity index (χ4v) is 4.35. The van der Waals surface area contributed by atoms with Gasteiger partial charge in [0.15, 0.2) is 0 Å². The second-order valence-corrected chi connectivity index (χ2v) is 11.7. The largest absolute Gasteiger partial charge is 0.427 e. The van der Waals surface area contributed by atoms with Gasteiger partial charge >= 0.3 is 11.9 Å². The monoisotopic (exact) mass is 540 g/mol. The highest BCUT2D eigenvalue weighted by Crippen LogP contribution is 2.29. The highest BCUT2D eigenvalue weighted by Gasteiger charge is 2.24. The molecule has 0 fully saturated rings. The van der Waals surface area contributed by atoms with Crippen molar-refractivity contribution >= 4 is 11.9 Å². The Kier molecular flexibility index (Phi) is 14.8. The number of hydrogen-bond donors (Lipinski definition) is 0. The molecule has 0 N–H and O–H groups in total. The van der Waals surface area contributed by atoms with E-state index in [4.69, 9.17) is 18.9 Å². The summed E-state index contributed by atoms with van der Waals surface area (Å²) < 4.78 is 22.3. The highest BCUT2D eigenvalue weighted by molar-refractivity contribution is 5.73. The van der Waals surface area contributed by atoms with Crippen LogP contribution in [0.15, 0.2) is 60.7 Å². The Labute approximate surface area is 235 Å². The third-order valence-corrected chi connectivity index (χ3v) is 6.56. The SMILES string of the molecule is CC(C)(CCCCOCCCOCCCCC(C)(C)CC(=O)Oc1ccccc1)CC(=O)Oc1ccccc1. The standard InChI is InChI=1S/C33H48O6/c1-32(2,26-30(34)38-28-16-7-5-8-17-28)20-11-13-22-36-24-15-25-37-23-14-12-21-33(3,4)27-31(35)39-29-18-9-6-10-19-29/h5-10,16-19H,11-15,20-27H2,1-4H3. The van der Waals surface area contributed by atoms with Gasteiger partial charge in [0.05, 0.1) is 12.8 Å². The summed E-state index contributed by atoms with van der Waals surface area (Å²) in [6.45, 7) is 11.3. The van der Waals surface area contributed by atoms with Crippen LogP contribution in [0.25, 0.3) is 0 Å². The van der Waals surface area contributed by atoms with E-state index in [2.05, 4.69) is 27.7 Å². The minimum Gasteiger partial charge on any atom is -0.427 e. The van der Waals surface area contributed by atoms with Crippen molar-refractivity contribution in [2.24, 2.45) is 10.8 Å². The number of carbonyl (C=O) groups is 2. The molecule has 0 aliphatic rings. The van der Waals surface area contributed by atoms with Crippen molar-refractivity contribution in [2.45, 2.75) is 85.5 Å². The van der Waals surface area contributed by atoms with Gasteiger partial charge in [0.1, 0.15) is 11.5 Å². The average Bonchev–Trinajstić information content (AvgIpc) is 2.87. The Balaban J connectivity index is 1.40. The van der Waals surface area contributed by atoms with Crippen LogP contribution in [0.3, 0.4) is 0 Å². The van der Waals surface area contributed by atoms with Gasteiger partial charge in [-0.15, -0.1) is 0 Å². The molecule has 0 heterocycles. The van der Waals surface area contributed by atoms with Crippen LogP contribution in [0.1, 0.15) is 85.5 Å². The number of rotatable bonds is 20. The van der Waals surface area contributed by atoms with Crippen LogP contribution < -0.4 is 9.47 Å². The summed E-state index contributed by atoms with van der Waals surface area (Å²) in [5, 5.41) is 0. The topological polar surface area (TPSA) is 71.1 Å². The summed E-state index contributed by atoms with van der Waals surface area (Å²) in [5.41, 5.74) is -0.194. The van der Waals surface area contributed by atoms with E-state index in [1.807, 2.05) is 36.4 Å². The summed E-state index contributed by atoms with van der Waals surface area (Å²) in [7, 11) is 0. The van der Waals surface area contributed by atoms with E-state index in [0.717, 1.165) is 58.2 Å². The molecule has 0 aliphatic carbocycles. The molecule has 0 aromatic heterocycles. The van der Waals surface area contributed by atoms with Gasteiger partial charge in [-0.1, -0.05) is 76.9 Å². The van der Waals surface area contributed by atoms with Gasteiger partial charge in [0.25, 0.3) is 0 Å². The van der Waals surface area contributed by atoms with Gasteiger partial charge in [-0.05, 0) is 67.2 Å². The van der Waals surface area contributed by atoms with Crippen molar-refractivity contribution in [1.82, 2.24) is 0 Å². The van der Waals surface area contributed by atoms with Crippen LogP contribution in [0.2, 0.25) is 0 Å². The summed E-state index contributed by atoms with van der Waals surface area (Å²) in [6.07, 6.45) is 7.58. The number of para-hydroxylation sites is 2. The van der Waals surface area contributed by atoms with Crippen LogP contribution in [0, 0.1) is 10.8 Å². The van der Waals surface area contributed by atoms with Crippen LogP contribution in [0.5, 0.6) is 11.5 Å². The summed E-state index contributed by atoms with van der Waals surface area (Å²) in [6, 6.07) is 18.4. The molecule has 39 heavy (non-hydrogen) atoms. The quantitative estimate of drug-likeness (QED) is 0.0969.